The number of aliphatic hydroxyl groups excluding tert-OH is 1. The molecule has 0 amide bonds. The molecule has 0 saturated heterocycles. The van der Waals surface area contributed by atoms with Gasteiger partial charge in [-0.3, -0.25) is 0 Å². The molecule has 0 fully saturated rings. The molecule has 130 valence electrons. The van der Waals surface area contributed by atoms with Crippen LogP contribution in [0, 0.1) is 6.92 Å². The van der Waals surface area contributed by atoms with E-state index in [0.29, 0.717) is 12.2 Å². The van der Waals surface area contributed by atoms with E-state index in [0.717, 1.165) is 18.4 Å². The minimum atomic E-state index is -3.71. The van der Waals surface area contributed by atoms with Gasteiger partial charge >= 0.3 is 0 Å². The highest BCUT2D eigenvalue weighted by molar-refractivity contribution is 7.89. The van der Waals surface area contributed by atoms with Gasteiger partial charge in [-0.05, 0) is 37.3 Å². The first kappa shape index (κ1) is 17.1. The minimum Gasteiger partial charge on any atom is -0.396 e. The Morgan fingerprint density at radius 3 is 2.79 bits per heavy atom. The Morgan fingerprint density at radius 2 is 2.12 bits per heavy atom. The summed E-state index contributed by atoms with van der Waals surface area (Å²) in [7, 11) is -1.93. The van der Waals surface area contributed by atoms with E-state index in [2.05, 4.69) is 11.1 Å². The molecule has 0 radical (unpaired) electrons. The van der Waals surface area contributed by atoms with Gasteiger partial charge in [0.05, 0.1) is 6.04 Å². The van der Waals surface area contributed by atoms with E-state index >= 15 is 0 Å². The molecular weight excluding hydrogens is 326 g/mol. The molecule has 0 saturated carbocycles. The molecule has 0 aliphatic heterocycles. The summed E-state index contributed by atoms with van der Waals surface area (Å²) in [5, 5.41) is 9.27. The number of rotatable bonds is 6. The highest BCUT2D eigenvalue weighted by Crippen LogP contribution is 2.38. The molecule has 3 rings (SSSR count). The number of sulfonamides is 1. The van der Waals surface area contributed by atoms with Crippen molar-refractivity contribution in [2.45, 2.75) is 37.3 Å². The first-order valence-electron chi connectivity index (χ1n) is 8.15. The predicted molar refractivity (Wildman–Crippen MR) is 91.0 cm³/mol. The number of nitrogens with zero attached hydrogens (tertiary/aromatic N) is 3. The zero-order chi connectivity index (χ0) is 17.3. The van der Waals surface area contributed by atoms with E-state index < -0.39 is 10.0 Å². The average Bonchev–Trinajstić information content (AvgIpc) is 3.12. The number of hydrogen-bond donors (Lipinski definition) is 1. The van der Waals surface area contributed by atoms with Gasteiger partial charge < -0.3 is 9.67 Å². The highest BCUT2D eigenvalue weighted by atomic mass is 32.2. The van der Waals surface area contributed by atoms with Crippen molar-refractivity contribution in [3.63, 3.8) is 0 Å². The van der Waals surface area contributed by atoms with E-state index in [1.54, 1.807) is 24.7 Å². The van der Waals surface area contributed by atoms with Crippen LogP contribution >= 0.6 is 0 Å². The molecule has 1 unspecified atom stereocenters. The third-order valence-corrected chi connectivity index (χ3v) is 6.42. The lowest BCUT2D eigenvalue weighted by Gasteiger charge is -2.28. The fraction of sp³-hybridized carbons (Fsp3) is 0.471. The van der Waals surface area contributed by atoms with Crippen LogP contribution in [-0.2, 0) is 23.5 Å². The van der Waals surface area contributed by atoms with Crippen molar-refractivity contribution in [1.29, 1.82) is 0 Å². The molecule has 1 aromatic carbocycles. The van der Waals surface area contributed by atoms with E-state index in [1.165, 1.54) is 9.87 Å². The Kier molecular flexibility index (Phi) is 4.76. The average molecular weight is 349 g/mol. The Labute approximate surface area is 142 Å². The van der Waals surface area contributed by atoms with Crippen LogP contribution < -0.4 is 0 Å². The Bertz CT molecular complexity index is 810. The third-order valence-electron chi connectivity index (χ3n) is 4.64. The van der Waals surface area contributed by atoms with E-state index in [-0.39, 0.29) is 24.2 Å². The van der Waals surface area contributed by atoms with Gasteiger partial charge in [0.1, 0.15) is 5.82 Å². The largest absolute Gasteiger partial charge is 0.396 e. The molecule has 0 bridgehead atoms. The molecule has 1 aliphatic rings. The molecular formula is C17H23N3O3S. The van der Waals surface area contributed by atoms with Crippen molar-refractivity contribution in [2.75, 3.05) is 13.2 Å². The lowest BCUT2D eigenvalue weighted by molar-refractivity contribution is 0.249. The van der Waals surface area contributed by atoms with Gasteiger partial charge in [-0.25, -0.2) is 13.4 Å². The number of hydrogen-bond acceptors (Lipinski definition) is 4. The second-order valence-electron chi connectivity index (χ2n) is 6.18. The monoisotopic (exact) mass is 349 g/mol. The number of aryl methyl sites for hydroxylation is 3. The van der Waals surface area contributed by atoms with E-state index in [9.17, 15) is 13.5 Å². The van der Waals surface area contributed by atoms with Gasteiger partial charge in [0.15, 0.2) is 5.03 Å². The standard InChI is InChI=1S/C17H23N3O3S/c1-13-18-17(12-19(13)2)24(22,23)20(10-5-11-21)16-9-8-14-6-3-4-7-15(14)16/h3-4,6-7,12,16,21H,5,8-11H2,1-2H3. The molecule has 7 heteroatoms. The van der Waals surface area contributed by atoms with E-state index in [4.69, 9.17) is 0 Å². The molecule has 1 N–H and O–H groups in total. The predicted octanol–water partition coefficient (Wildman–Crippen LogP) is 1.79. The van der Waals surface area contributed by atoms with Crippen LogP contribution in [0.4, 0.5) is 0 Å². The van der Waals surface area contributed by atoms with Crippen molar-refractivity contribution in [3.8, 4) is 0 Å². The van der Waals surface area contributed by atoms with Crippen molar-refractivity contribution in [1.82, 2.24) is 13.9 Å². The minimum absolute atomic E-state index is 0.0400. The van der Waals surface area contributed by atoms with Crippen LogP contribution in [0.25, 0.3) is 0 Å². The topological polar surface area (TPSA) is 75.4 Å². The molecule has 1 atom stereocenters. The molecule has 1 aromatic heterocycles. The van der Waals surface area contributed by atoms with Crippen LogP contribution in [0.2, 0.25) is 0 Å². The zero-order valence-electron chi connectivity index (χ0n) is 14.0. The lowest BCUT2D eigenvalue weighted by atomic mass is 10.1. The van der Waals surface area contributed by atoms with Crippen molar-refractivity contribution >= 4 is 10.0 Å². The second-order valence-corrected chi connectivity index (χ2v) is 8.02. The van der Waals surface area contributed by atoms with Gasteiger partial charge in [0, 0.05) is 26.4 Å². The molecule has 6 nitrogen and oxygen atoms in total. The van der Waals surface area contributed by atoms with Crippen molar-refractivity contribution in [2.24, 2.45) is 7.05 Å². The molecule has 1 aliphatic carbocycles. The Hall–Kier alpha value is -1.70. The van der Waals surface area contributed by atoms with E-state index in [1.807, 2.05) is 18.2 Å². The summed E-state index contributed by atoms with van der Waals surface area (Å²) >= 11 is 0. The molecule has 24 heavy (non-hydrogen) atoms. The summed E-state index contributed by atoms with van der Waals surface area (Å²) < 4.78 is 29.6. The van der Waals surface area contributed by atoms with Gasteiger partial charge in [-0.2, -0.15) is 4.31 Å². The van der Waals surface area contributed by atoms with Crippen LogP contribution in [0.1, 0.15) is 35.8 Å². The lowest BCUT2D eigenvalue weighted by Crippen LogP contribution is -2.35. The number of aromatic nitrogens is 2. The van der Waals surface area contributed by atoms with Gasteiger partial charge in [0.25, 0.3) is 10.0 Å². The Balaban J connectivity index is 2.01. The van der Waals surface area contributed by atoms with Crippen molar-refractivity contribution in [3.05, 3.63) is 47.4 Å². The Morgan fingerprint density at radius 1 is 1.38 bits per heavy atom. The maximum atomic E-state index is 13.2. The van der Waals surface area contributed by atoms with Crippen LogP contribution in [0.3, 0.4) is 0 Å². The van der Waals surface area contributed by atoms with Gasteiger partial charge in [0.2, 0.25) is 0 Å². The maximum absolute atomic E-state index is 13.2. The molecule has 1 heterocycles. The summed E-state index contributed by atoms with van der Waals surface area (Å²) in [4.78, 5) is 4.21. The summed E-state index contributed by atoms with van der Waals surface area (Å²) in [5.41, 5.74) is 2.26. The fourth-order valence-corrected chi connectivity index (χ4v) is 4.98. The summed E-state index contributed by atoms with van der Waals surface area (Å²) in [6.07, 6.45) is 3.59. The van der Waals surface area contributed by atoms with Gasteiger partial charge in [-0.1, -0.05) is 24.3 Å². The number of fused-ring (bicyclic) bond motifs is 1. The number of aliphatic hydroxyl groups is 1. The molecule has 2 aromatic rings. The first-order chi connectivity index (χ1) is 11.4. The maximum Gasteiger partial charge on any atom is 0.262 e. The highest BCUT2D eigenvalue weighted by Gasteiger charge is 2.37. The summed E-state index contributed by atoms with van der Waals surface area (Å²) in [6, 6.07) is 7.78. The summed E-state index contributed by atoms with van der Waals surface area (Å²) in [5.74, 6) is 0.655. The molecule has 0 spiro atoms. The first-order valence-corrected chi connectivity index (χ1v) is 9.59. The zero-order valence-corrected chi connectivity index (χ0v) is 14.8. The SMILES string of the molecule is Cc1nc(S(=O)(=O)N(CCCO)C2CCc3ccccc32)cn1C. The third kappa shape index (κ3) is 2.99. The summed E-state index contributed by atoms with van der Waals surface area (Å²) in [6.45, 7) is 2.02. The quantitative estimate of drug-likeness (QED) is 0.863. The van der Waals surface area contributed by atoms with Crippen molar-refractivity contribution < 1.29 is 13.5 Å². The number of imidazole rings is 1. The van der Waals surface area contributed by atoms with Crippen LogP contribution in [0.5, 0.6) is 0 Å². The smallest absolute Gasteiger partial charge is 0.262 e. The van der Waals surface area contributed by atoms with Gasteiger partial charge in [-0.15, -0.1) is 0 Å². The van der Waals surface area contributed by atoms with Crippen LogP contribution in [-0.4, -0.2) is 40.5 Å². The normalized spacial score (nSPS) is 17.4. The second kappa shape index (κ2) is 6.66. The fourth-order valence-electron chi connectivity index (χ4n) is 3.27. The number of benzene rings is 1. The van der Waals surface area contributed by atoms with Crippen LogP contribution in [0.15, 0.2) is 35.5 Å².